The molecule has 0 unspecified atom stereocenters. The molecule has 1 fully saturated rings. The van der Waals surface area contributed by atoms with Crippen molar-refractivity contribution < 1.29 is 9.59 Å². The summed E-state index contributed by atoms with van der Waals surface area (Å²) < 4.78 is 0. The van der Waals surface area contributed by atoms with E-state index in [-0.39, 0.29) is 17.6 Å². The molecule has 1 amide bonds. The summed E-state index contributed by atoms with van der Waals surface area (Å²) in [5, 5.41) is 2.81. The summed E-state index contributed by atoms with van der Waals surface area (Å²) in [7, 11) is 0. The van der Waals surface area contributed by atoms with Gasteiger partial charge in [0, 0.05) is 6.92 Å². The molecule has 1 aliphatic rings. The Morgan fingerprint density at radius 2 is 1.73 bits per heavy atom. The molecule has 0 heterocycles. The van der Waals surface area contributed by atoms with Crippen LogP contribution in [0, 0.1) is 0 Å². The molecule has 1 saturated carbocycles. The summed E-state index contributed by atoms with van der Waals surface area (Å²) in [5.41, 5.74) is -0.677. The lowest BCUT2D eigenvalue weighted by Crippen LogP contribution is -2.54. The smallest absolute Gasteiger partial charge is 0.217 e. The fourth-order valence-electron chi connectivity index (χ4n) is 2.27. The molecule has 1 aliphatic carbocycles. The van der Waals surface area contributed by atoms with Crippen molar-refractivity contribution in [2.45, 2.75) is 51.0 Å². The Morgan fingerprint density at radius 1 is 1.20 bits per heavy atom. The SMILES string of the molecule is CC(=O)NC1(C(=O)CCl)CCCCCC1. The van der Waals surface area contributed by atoms with Gasteiger partial charge >= 0.3 is 0 Å². The normalized spacial score (nSPS) is 20.4. The van der Waals surface area contributed by atoms with Gasteiger partial charge in [0.25, 0.3) is 0 Å². The molecule has 0 atom stereocenters. The summed E-state index contributed by atoms with van der Waals surface area (Å²) in [5.74, 6) is -0.197. The van der Waals surface area contributed by atoms with Crippen LogP contribution in [-0.2, 0) is 9.59 Å². The molecule has 0 spiro atoms. The van der Waals surface area contributed by atoms with Gasteiger partial charge in [0.15, 0.2) is 5.78 Å². The molecule has 86 valence electrons. The monoisotopic (exact) mass is 231 g/mol. The van der Waals surface area contributed by atoms with Gasteiger partial charge < -0.3 is 5.32 Å². The summed E-state index contributed by atoms with van der Waals surface area (Å²) in [6, 6.07) is 0. The Kier molecular flexibility index (Phi) is 4.58. The number of ketones is 1. The molecular formula is C11H18ClNO2. The van der Waals surface area contributed by atoms with Crippen LogP contribution in [0.1, 0.15) is 45.4 Å². The van der Waals surface area contributed by atoms with Gasteiger partial charge in [-0.2, -0.15) is 0 Å². The standard InChI is InChI=1S/C11H18ClNO2/c1-9(14)13-11(10(15)8-12)6-4-2-3-5-7-11/h2-8H2,1H3,(H,13,14). The van der Waals surface area contributed by atoms with Crippen LogP contribution >= 0.6 is 11.6 Å². The van der Waals surface area contributed by atoms with E-state index in [1.807, 2.05) is 0 Å². The van der Waals surface area contributed by atoms with Crippen molar-refractivity contribution >= 4 is 23.3 Å². The highest BCUT2D eigenvalue weighted by atomic mass is 35.5. The van der Waals surface area contributed by atoms with E-state index in [2.05, 4.69) is 5.32 Å². The molecule has 4 heteroatoms. The number of hydrogen-bond donors (Lipinski definition) is 1. The number of Topliss-reactive ketones (excluding diaryl/α,β-unsaturated/α-hetero) is 1. The molecule has 0 aromatic rings. The van der Waals surface area contributed by atoms with E-state index in [9.17, 15) is 9.59 Å². The van der Waals surface area contributed by atoms with E-state index in [4.69, 9.17) is 11.6 Å². The van der Waals surface area contributed by atoms with Crippen molar-refractivity contribution in [2.75, 3.05) is 5.88 Å². The molecule has 0 aromatic heterocycles. The first-order chi connectivity index (χ1) is 7.10. The van der Waals surface area contributed by atoms with Crippen molar-refractivity contribution in [3.63, 3.8) is 0 Å². The predicted octanol–water partition coefficient (Wildman–Crippen LogP) is 2.02. The number of rotatable bonds is 3. The molecule has 0 aliphatic heterocycles. The maximum Gasteiger partial charge on any atom is 0.217 e. The predicted molar refractivity (Wildman–Crippen MR) is 60.0 cm³/mol. The molecular weight excluding hydrogens is 214 g/mol. The number of halogens is 1. The van der Waals surface area contributed by atoms with E-state index >= 15 is 0 Å². The van der Waals surface area contributed by atoms with E-state index in [1.54, 1.807) is 0 Å². The molecule has 15 heavy (non-hydrogen) atoms. The van der Waals surface area contributed by atoms with E-state index in [0.717, 1.165) is 38.5 Å². The maximum atomic E-state index is 11.8. The van der Waals surface area contributed by atoms with Gasteiger partial charge in [0.05, 0.1) is 11.4 Å². The van der Waals surface area contributed by atoms with Gasteiger partial charge in [0.2, 0.25) is 5.91 Å². The highest BCUT2D eigenvalue weighted by molar-refractivity contribution is 6.29. The Hall–Kier alpha value is -0.570. The lowest BCUT2D eigenvalue weighted by Gasteiger charge is -2.31. The van der Waals surface area contributed by atoms with Crippen molar-refractivity contribution in [3.05, 3.63) is 0 Å². The first kappa shape index (κ1) is 12.5. The third kappa shape index (κ3) is 3.20. The molecule has 0 radical (unpaired) electrons. The van der Waals surface area contributed by atoms with Gasteiger partial charge in [-0.3, -0.25) is 9.59 Å². The van der Waals surface area contributed by atoms with Crippen LogP contribution in [0.5, 0.6) is 0 Å². The second-order valence-electron chi connectivity index (χ2n) is 4.23. The minimum atomic E-state index is -0.677. The Bertz CT molecular complexity index is 245. The van der Waals surface area contributed by atoms with E-state index in [0.29, 0.717) is 0 Å². The largest absolute Gasteiger partial charge is 0.344 e. The molecule has 3 nitrogen and oxygen atoms in total. The van der Waals surface area contributed by atoms with Crippen LogP contribution in [0.4, 0.5) is 0 Å². The van der Waals surface area contributed by atoms with Gasteiger partial charge in [-0.25, -0.2) is 0 Å². The Labute approximate surface area is 95.6 Å². The highest BCUT2D eigenvalue weighted by Crippen LogP contribution is 2.28. The van der Waals surface area contributed by atoms with Crippen LogP contribution < -0.4 is 5.32 Å². The molecule has 0 saturated heterocycles. The highest BCUT2D eigenvalue weighted by Gasteiger charge is 2.38. The zero-order chi connectivity index (χ0) is 11.3. The topological polar surface area (TPSA) is 46.2 Å². The fraction of sp³-hybridized carbons (Fsp3) is 0.818. The molecule has 1 rings (SSSR count). The van der Waals surface area contributed by atoms with Crippen LogP contribution in [-0.4, -0.2) is 23.1 Å². The molecule has 0 aromatic carbocycles. The van der Waals surface area contributed by atoms with Crippen LogP contribution in [0.2, 0.25) is 0 Å². The fourth-order valence-corrected chi connectivity index (χ4v) is 2.53. The summed E-state index contributed by atoms with van der Waals surface area (Å²) in [4.78, 5) is 23.0. The number of alkyl halides is 1. The Balaban J connectivity index is 2.81. The Morgan fingerprint density at radius 3 is 2.13 bits per heavy atom. The third-order valence-electron chi connectivity index (χ3n) is 3.03. The number of carbonyl (C=O) groups excluding carboxylic acids is 2. The van der Waals surface area contributed by atoms with Crippen molar-refractivity contribution in [1.29, 1.82) is 0 Å². The first-order valence-corrected chi connectivity index (χ1v) is 6.02. The maximum absolute atomic E-state index is 11.8. The zero-order valence-electron chi connectivity index (χ0n) is 9.14. The number of amides is 1. The quantitative estimate of drug-likeness (QED) is 0.597. The molecule has 0 bridgehead atoms. The van der Waals surface area contributed by atoms with Gasteiger partial charge in [-0.05, 0) is 12.8 Å². The van der Waals surface area contributed by atoms with Crippen LogP contribution in [0.25, 0.3) is 0 Å². The average Bonchev–Trinajstić information content (AvgIpc) is 2.42. The summed E-state index contributed by atoms with van der Waals surface area (Å²) in [6.45, 7) is 1.45. The average molecular weight is 232 g/mol. The number of nitrogens with one attached hydrogen (secondary N) is 1. The van der Waals surface area contributed by atoms with E-state index < -0.39 is 5.54 Å². The minimum absolute atomic E-state index is 0.0136. The second-order valence-corrected chi connectivity index (χ2v) is 4.50. The van der Waals surface area contributed by atoms with Crippen molar-refractivity contribution in [2.24, 2.45) is 0 Å². The first-order valence-electron chi connectivity index (χ1n) is 5.49. The van der Waals surface area contributed by atoms with Crippen molar-refractivity contribution in [3.8, 4) is 0 Å². The van der Waals surface area contributed by atoms with Gasteiger partial charge in [0.1, 0.15) is 0 Å². The van der Waals surface area contributed by atoms with Crippen molar-refractivity contribution in [1.82, 2.24) is 5.32 Å². The number of hydrogen-bond acceptors (Lipinski definition) is 2. The summed E-state index contributed by atoms with van der Waals surface area (Å²) >= 11 is 5.61. The van der Waals surface area contributed by atoms with Gasteiger partial charge in [-0.1, -0.05) is 25.7 Å². The zero-order valence-corrected chi connectivity index (χ0v) is 9.90. The lowest BCUT2D eigenvalue weighted by molar-refractivity contribution is -0.130. The minimum Gasteiger partial charge on any atom is -0.344 e. The second kappa shape index (κ2) is 5.50. The van der Waals surface area contributed by atoms with Crippen LogP contribution in [0.15, 0.2) is 0 Å². The van der Waals surface area contributed by atoms with Crippen LogP contribution in [0.3, 0.4) is 0 Å². The van der Waals surface area contributed by atoms with E-state index in [1.165, 1.54) is 6.92 Å². The summed E-state index contributed by atoms with van der Waals surface area (Å²) in [6.07, 6.45) is 5.72. The lowest BCUT2D eigenvalue weighted by atomic mass is 9.86. The third-order valence-corrected chi connectivity index (χ3v) is 3.27. The van der Waals surface area contributed by atoms with Gasteiger partial charge in [-0.15, -0.1) is 11.6 Å². The number of carbonyl (C=O) groups is 2. The molecule has 1 N–H and O–H groups in total.